The van der Waals surface area contributed by atoms with Crippen LogP contribution >= 0.6 is 23.4 Å². The second-order valence-corrected chi connectivity index (χ2v) is 8.84. The Morgan fingerprint density at radius 3 is 2.97 bits per heavy atom. The van der Waals surface area contributed by atoms with E-state index in [1.165, 1.54) is 11.8 Å². The molecule has 0 radical (unpaired) electrons. The second kappa shape index (κ2) is 7.15. The summed E-state index contributed by atoms with van der Waals surface area (Å²) < 4.78 is 17.0. The molecular formula is C21H18ClNO5S. The summed E-state index contributed by atoms with van der Waals surface area (Å²) in [7, 11) is 0. The Morgan fingerprint density at radius 2 is 2.07 bits per heavy atom. The summed E-state index contributed by atoms with van der Waals surface area (Å²) in [6, 6.07) is 11.1. The highest BCUT2D eigenvalue weighted by Crippen LogP contribution is 2.56. The van der Waals surface area contributed by atoms with Crippen molar-refractivity contribution in [1.82, 2.24) is 0 Å². The molecule has 1 amide bonds. The first-order valence-electron chi connectivity index (χ1n) is 9.45. The van der Waals surface area contributed by atoms with Gasteiger partial charge in [0.25, 0.3) is 0 Å². The number of carbonyl (C=O) groups is 2. The van der Waals surface area contributed by atoms with Crippen molar-refractivity contribution in [3.8, 4) is 11.5 Å². The molecule has 0 bridgehead atoms. The number of rotatable bonds is 3. The molecule has 0 aromatic heterocycles. The number of amides is 1. The summed E-state index contributed by atoms with van der Waals surface area (Å²) in [5.74, 6) is 0.595. The number of benzene rings is 2. The highest BCUT2D eigenvalue weighted by molar-refractivity contribution is 8.02. The summed E-state index contributed by atoms with van der Waals surface area (Å²) in [6.07, 6.45) is 1.53. The van der Waals surface area contributed by atoms with Crippen molar-refractivity contribution in [3.63, 3.8) is 0 Å². The first-order chi connectivity index (χ1) is 14.1. The monoisotopic (exact) mass is 431 g/mol. The predicted molar refractivity (Wildman–Crippen MR) is 109 cm³/mol. The summed E-state index contributed by atoms with van der Waals surface area (Å²) in [4.78, 5) is 27.1. The third-order valence-corrected chi connectivity index (χ3v) is 6.96. The van der Waals surface area contributed by atoms with E-state index in [0.29, 0.717) is 48.1 Å². The molecule has 3 aliphatic heterocycles. The lowest BCUT2D eigenvalue weighted by Crippen LogP contribution is -2.47. The normalized spacial score (nSPS) is 22.1. The van der Waals surface area contributed by atoms with Crippen LogP contribution in [-0.4, -0.2) is 30.0 Å². The van der Waals surface area contributed by atoms with Gasteiger partial charge in [-0.25, -0.2) is 4.79 Å². The van der Waals surface area contributed by atoms with E-state index in [1.807, 2.05) is 24.3 Å². The van der Waals surface area contributed by atoms with Crippen LogP contribution in [0.5, 0.6) is 11.5 Å². The van der Waals surface area contributed by atoms with Gasteiger partial charge in [0.1, 0.15) is 6.61 Å². The molecule has 0 aliphatic carbocycles. The molecule has 5 rings (SSSR count). The maximum absolute atomic E-state index is 13.1. The van der Waals surface area contributed by atoms with Gasteiger partial charge in [-0.1, -0.05) is 35.5 Å². The zero-order valence-corrected chi connectivity index (χ0v) is 17.1. The number of nitrogens with zero attached hydrogens (tertiary/aromatic N) is 1. The zero-order valence-electron chi connectivity index (χ0n) is 15.5. The average molecular weight is 432 g/mol. The molecule has 3 aliphatic rings. The van der Waals surface area contributed by atoms with Crippen LogP contribution in [0.3, 0.4) is 0 Å². The Balaban J connectivity index is 1.37. The highest BCUT2D eigenvalue weighted by Gasteiger charge is 2.58. The first kappa shape index (κ1) is 18.6. The number of thioether (sulfide) groups is 1. The molecule has 150 valence electrons. The third kappa shape index (κ3) is 3.04. The molecule has 8 heteroatoms. The third-order valence-electron chi connectivity index (χ3n) is 5.22. The van der Waals surface area contributed by atoms with Crippen LogP contribution in [0.25, 0.3) is 0 Å². The molecule has 1 atom stereocenters. The van der Waals surface area contributed by atoms with E-state index in [-0.39, 0.29) is 12.5 Å². The molecule has 2 aromatic rings. The fourth-order valence-electron chi connectivity index (χ4n) is 3.90. The van der Waals surface area contributed by atoms with Crippen LogP contribution < -0.4 is 14.4 Å². The molecule has 29 heavy (non-hydrogen) atoms. The fraction of sp³-hybridized carbons (Fsp3) is 0.333. The van der Waals surface area contributed by atoms with Crippen molar-refractivity contribution in [2.75, 3.05) is 18.1 Å². The van der Waals surface area contributed by atoms with Gasteiger partial charge in [-0.15, -0.1) is 0 Å². The van der Waals surface area contributed by atoms with Crippen molar-refractivity contribution in [2.45, 2.75) is 35.6 Å². The standard InChI is InChI=1S/C21H18ClNO5S/c22-14-10-13(11-16-19(14)27-9-3-8-26-16)12-28-20(25)21-7-6-18(24)23(21)15-4-1-2-5-17(15)29-21/h1-2,4-5,10-11H,3,6-9,12H2/t21-/m0/s1. The maximum Gasteiger partial charge on any atom is 0.343 e. The molecular weight excluding hydrogens is 414 g/mol. The van der Waals surface area contributed by atoms with Crippen LogP contribution in [0.1, 0.15) is 24.8 Å². The van der Waals surface area contributed by atoms with Crippen molar-refractivity contribution >= 4 is 40.9 Å². The quantitative estimate of drug-likeness (QED) is 0.679. The van der Waals surface area contributed by atoms with E-state index in [0.717, 1.165) is 17.0 Å². The van der Waals surface area contributed by atoms with Gasteiger partial charge in [-0.05, 0) is 29.8 Å². The smallest absolute Gasteiger partial charge is 0.343 e. The van der Waals surface area contributed by atoms with Crippen molar-refractivity contribution in [2.24, 2.45) is 0 Å². The van der Waals surface area contributed by atoms with E-state index < -0.39 is 10.8 Å². The van der Waals surface area contributed by atoms with Gasteiger partial charge in [-0.2, -0.15) is 0 Å². The Labute approximate surface area is 177 Å². The molecule has 2 aromatic carbocycles. The minimum absolute atomic E-state index is 0.0376. The van der Waals surface area contributed by atoms with Crippen molar-refractivity contribution in [3.05, 3.63) is 47.0 Å². The topological polar surface area (TPSA) is 65.1 Å². The summed E-state index contributed by atoms with van der Waals surface area (Å²) in [6.45, 7) is 1.13. The number of fused-ring (bicyclic) bond motifs is 4. The first-order valence-corrected chi connectivity index (χ1v) is 10.6. The maximum atomic E-state index is 13.1. The predicted octanol–water partition coefficient (Wildman–Crippen LogP) is 4.17. The molecule has 6 nitrogen and oxygen atoms in total. The van der Waals surface area contributed by atoms with Gasteiger partial charge >= 0.3 is 5.97 Å². The van der Waals surface area contributed by atoms with Gasteiger partial charge in [0, 0.05) is 24.2 Å². The Kier molecular flexibility index (Phi) is 4.59. The van der Waals surface area contributed by atoms with Gasteiger partial charge in [-0.3, -0.25) is 9.69 Å². The van der Waals surface area contributed by atoms with Crippen LogP contribution in [-0.2, 0) is 20.9 Å². The summed E-state index contributed by atoms with van der Waals surface area (Å²) in [5, 5.41) is 0.425. The minimum Gasteiger partial charge on any atom is -0.489 e. The summed E-state index contributed by atoms with van der Waals surface area (Å²) in [5.41, 5.74) is 1.48. The Morgan fingerprint density at radius 1 is 1.24 bits per heavy atom. The number of ether oxygens (including phenoxy) is 3. The Hall–Kier alpha value is -2.38. The SMILES string of the molecule is O=C1CC[C@@]2(C(=O)OCc3cc(Cl)c4c(c3)OCCCO4)Sc3ccccc3N12. The Bertz CT molecular complexity index is 1010. The second-order valence-electron chi connectivity index (χ2n) is 7.11. The van der Waals surface area contributed by atoms with E-state index in [9.17, 15) is 9.59 Å². The van der Waals surface area contributed by atoms with Crippen LogP contribution in [0.15, 0.2) is 41.3 Å². The number of hydrogen-bond donors (Lipinski definition) is 0. The number of esters is 1. The molecule has 1 saturated heterocycles. The van der Waals surface area contributed by atoms with Gasteiger partial charge in [0.2, 0.25) is 5.91 Å². The van der Waals surface area contributed by atoms with E-state index in [2.05, 4.69) is 0 Å². The minimum atomic E-state index is -1.03. The fourth-order valence-corrected chi connectivity index (χ4v) is 5.60. The van der Waals surface area contributed by atoms with Crippen LogP contribution in [0, 0.1) is 0 Å². The molecule has 0 spiro atoms. The lowest BCUT2D eigenvalue weighted by molar-refractivity contribution is -0.148. The van der Waals surface area contributed by atoms with Gasteiger partial charge in [0.05, 0.1) is 23.9 Å². The molecule has 3 heterocycles. The molecule has 0 N–H and O–H groups in total. The number of para-hydroxylation sites is 1. The van der Waals surface area contributed by atoms with Gasteiger partial charge < -0.3 is 14.2 Å². The molecule has 0 saturated carbocycles. The lowest BCUT2D eigenvalue weighted by atomic mass is 10.2. The zero-order chi connectivity index (χ0) is 20.0. The van der Waals surface area contributed by atoms with Crippen molar-refractivity contribution in [1.29, 1.82) is 0 Å². The summed E-state index contributed by atoms with van der Waals surface area (Å²) >= 11 is 7.72. The van der Waals surface area contributed by atoms with Crippen LogP contribution in [0.4, 0.5) is 5.69 Å². The van der Waals surface area contributed by atoms with E-state index in [4.69, 9.17) is 25.8 Å². The van der Waals surface area contributed by atoms with Crippen LogP contribution in [0.2, 0.25) is 5.02 Å². The lowest BCUT2D eigenvalue weighted by Gasteiger charge is -2.28. The van der Waals surface area contributed by atoms with E-state index >= 15 is 0 Å². The number of carbonyl (C=O) groups excluding carboxylic acids is 2. The molecule has 1 fully saturated rings. The molecule has 0 unspecified atom stereocenters. The highest BCUT2D eigenvalue weighted by atomic mass is 35.5. The number of anilines is 1. The number of hydrogen-bond acceptors (Lipinski definition) is 6. The van der Waals surface area contributed by atoms with Crippen molar-refractivity contribution < 1.29 is 23.8 Å². The number of halogens is 1. The average Bonchev–Trinajstić information content (AvgIpc) is 3.11. The van der Waals surface area contributed by atoms with E-state index in [1.54, 1.807) is 17.0 Å². The largest absolute Gasteiger partial charge is 0.489 e. The van der Waals surface area contributed by atoms with Gasteiger partial charge in [0.15, 0.2) is 16.4 Å².